The van der Waals surface area contributed by atoms with Crippen molar-refractivity contribution in [1.29, 1.82) is 0 Å². The average Bonchev–Trinajstić information content (AvgIpc) is 3.00. The molecule has 0 amide bonds. The van der Waals surface area contributed by atoms with Gasteiger partial charge in [0.05, 0.1) is 31.6 Å². The Morgan fingerprint density at radius 2 is 2.26 bits per heavy atom. The molecule has 1 aromatic carbocycles. The number of ether oxygens (including phenoxy) is 1. The lowest BCUT2D eigenvalue weighted by atomic mass is 10.1. The van der Waals surface area contributed by atoms with Gasteiger partial charge < -0.3 is 9.84 Å². The molecule has 0 saturated carbocycles. The van der Waals surface area contributed by atoms with Crippen LogP contribution < -0.4 is 0 Å². The number of hydrogen-bond donors (Lipinski definition) is 1. The van der Waals surface area contributed by atoms with Crippen LogP contribution in [0.4, 0.5) is 8.78 Å². The molecule has 23 heavy (non-hydrogen) atoms. The van der Waals surface area contributed by atoms with Crippen molar-refractivity contribution >= 4 is 0 Å². The summed E-state index contributed by atoms with van der Waals surface area (Å²) in [6.07, 6.45) is 2.27. The fourth-order valence-corrected chi connectivity index (χ4v) is 2.71. The van der Waals surface area contributed by atoms with Crippen molar-refractivity contribution in [2.75, 3.05) is 26.2 Å². The molecule has 2 heterocycles. The molecule has 8 heteroatoms. The maximum atomic E-state index is 13.7. The van der Waals surface area contributed by atoms with Gasteiger partial charge in [0.1, 0.15) is 11.6 Å². The largest absolute Gasteiger partial charge is 0.387 e. The number of benzene rings is 1. The Bertz CT molecular complexity index is 638. The van der Waals surface area contributed by atoms with Crippen molar-refractivity contribution in [3.63, 3.8) is 0 Å². The summed E-state index contributed by atoms with van der Waals surface area (Å²) in [7, 11) is 0. The molecule has 6 nitrogen and oxygen atoms in total. The van der Waals surface area contributed by atoms with Crippen LogP contribution in [0.2, 0.25) is 0 Å². The molecule has 1 N–H and O–H groups in total. The molecular formula is C15H18F2N4O2. The maximum absolute atomic E-state index is 13.7. The number of aromatic nitrogens is 3. The van der Waals surface area contributed by atoms with Crippen molar-refractivity contribution in [3.05, 3.63) is 47.8 Å². The summed E-state index contributed by atoms with van der Waals surface area (Å²) < 4.78 is 34.0. The minimum absolute atomic E-state index is 0.0734. The number of β-amino-alcohol motifs (C(OH)–C–C–N with tert-alkyl or cyclic N) is 1. The summed E-state index contributed by atoms with van der Waals surface area (Å²) in [6.45, 7) is 2.60. The van der Waals surface area contributed by atoms with Crippen LogP contribution in [0, 0.1) is 11.6 Å². The minimum atomic E-state index is -1.01. The number of morpholine rings is 1. The summed E-state index contributed by atoms with van der Waals surface area (Å²) >= 11 is 0. The normalized spacial score (nSPS) is 20.6. The van der Waals surface area contributed by atoms with E-state index in [-0.39, 0.29) is 18.2 Å². The van der Waals surface area contributed by atoms with Crippen LogP contribution in [-0.4, -0.2) is 57.3 Å². The van der Waals surface area contributed by atoms with Crippen LogP contribution in [0.15, 0.2) is 30.6 Å². The molecule has 2 atom stereocenters. The zero-order valence-electron chi connectivity index (χ0n) is 12.5. The highest BCUT2D eigenvalue weighted by Gasteiger charge is 2.24. The van der Waals surface area contributed by atoms with Crippen LogP contribution >= 0.6 is 0 Å². The molecule has 2 aromatic rings. The van der Waals surface area contributed by atoms with Crippen molar-refractivity contribution in [1.82, 2.24) is 19.9 Å². The first-order valence-corrected chi connectivity index (χ1v) is 7.43. The van der Waals surface area contributed by atoms with E-state index in [0.717, 1.165) is 12.1 Å². The SMILES string of the molecule is OC(CN1CCOC(Cn2ccnn2)C1)c1ccc(F)cc1F. The van der Waals surface area contributed by atoms with Gasteiger partial charge >= 0.3 is 0 Å². The highest BCUT2D eigenvalue weighted by atomic mass is 19.1. The molecular weight excluding hydrogens is 306 g/mol. The first-order chi connectivity index (χ1) is 11.1. The van der Waals surface area contributed by atoms with Crippen molar-refractivity contribution in [3.8, 4) is 0 Å². The van der Waals surface area contributed by atoms with Gasteiger partial charge in [-0.15, -0.1) is 5.10 Å². The Labute approximate surface area is 132 Å². The molecule has 0 aliphatic carbocycles. The second kappa shape index (κ2) is 7.12. The summed E-state index contributed by atoms with van der Waals surface area (Å²) in [6, 6.07) is 3.21. The minimum Gasteiger partial charge on any atom is -0.387 e. The van der Waals surface area contributed by atoms with Crippen molar-refractivity contribution in [2.45, 2.75) is 18.8 Å². The van der Waals surface area contributed by atoms with Gasteiger partial charge in [-0.3, -0.25) is 4.90 Å². The number of rotatable bonds is 5. The molecule has 1 aliphatic rings. The Kier molecular flexibility index (Phi) is 4.94. The second-order valence-corrected chi connectivity index (χ2v) is 5.56. The summed E-state index contributed by atoms with van der Waals surface area (Å²) in [5, 5.41) is 17.9. The van der Waals surface area contributed by atoms with E-state index in [4.69, 9.17) is 4.74 Å². The number of hydrogen-bond acceptors (Lipinski definition) is 5. The second-order valence-electron chi connectivity index (χ2n) is 5.56. The van der Waals surface area contributed by atoms with E-state index in [1.165, 1.54) is 6.07 Å². The molecule has 124 valence electrons. The zero-order chi connectivity index (χ0) is 16.2. The van der Waals surface area contributed by atoms with Gasteiger partial charge in [0.25, 0.3) is 0 Å². The van der Waals surface area contributed by atoms with E-state index < -0.39 is 17.7 Å². The highest BCUT2D eigenvalue weighted by Crippen LogP contribution is 2.20. The molecule has 0 bridgehead atoms. The summed E-state index contributed by atoms with van der Waals surface area (Å²) in [5.41, 5.74) is 0.103. The number of halogens is 2. The first-order valence-electron chi connectivity index (χ1n) is 7.43. The molecule has 3 rings (SSSR count). The Balaban J connectivity index is 1.58. The quantitative estimate of drug-likeness (QED) is 0.889. The molecule has 1 aliphatic heterocycles. The Morgan fingerprint density at radius 1 is 1.39 bits per heavy atom. The topological polar surface area (TPSA) is 63.4 Å². The lowest BCUT2D eigenvalue weighted by Crippen LogP contribution is -2.45. The molecule has 2 unspecified atom stereocenters. The third-order valence-corrected chi connectivity index (χ3v) is 3.84. The van der Waals surface area contributed by atoms with Gasteiger partial charge in [-0.2, -0.15) is 0 Å². The standard InChI is InChI=1S/C15H18F2N4O2/c16-11-1-2-13(14(17)7-11)15(22)10-20-5-6-23-12(8-20)9-21-4-3-18-19-21/h1-4,7,12,15,22H,5-6,8-10H2. The van der Waals surface area contributed by atoms with Crippen molar-refractivity contribution in [2.24, 2.45) is 0 Å². The molecule has 1 fully saturated rings. The van der Waals surface area contributed by atoms with E-state index in [9.17, 15) is 13.9 Å². The smallest absolute Gasteiger partial charge is 0.131 e. The first kappa shape index (κ1) is 16.0. The van der Waals surface area contributed by atoms with Gasteiger partial charge in [0.2, 0.25) is 0 Å². The Hall–Kier alpha value is -1.90. The summed E-state index contributed by atoms with van der Waals surface area (Å²) in [5.74, 6) is -1.39. The fraction of sp³-hybridized carbons (Fsp3) is 0.467. The average molecular weight is 324 g/mol. The number of aliphatic hydroxyl groups is 1. The van der Waals surface area contributed by atoms with Crippen LogP contribution in [0.5, 0.6) is 0 Å². The third kappa shape index (κ3) is 4.10. The molecule has 1 aromatic heterocycles. The van der Waals surface area contributed by atoms with Gasteiger partial charge in [0.15, 0.2) is 0 Å². The molecule has 0 radical (unpaired) electrons. The Morgan fingerprint density at radius 3 is 3.00 bits per heavy atom. The van der Waals surface area contributed by atoms with Crippen LogP contribution in [0.1, 0.15) is 11.7 Å². The van der Waals surface area contributed by atoms with Gasteiger partial charge in [-0.1, -0.05) is 11.3 Å². The predicted octanol–water partition coefficient (Wildman–Crippen LogP) is 0.991. The van der Waals surface area contributed by atoms with E-state index in [1.54, 1.807) is 17.1 Å². The van der Waals surface area contributed by atoms with Crippen LogP contribution in [0.3, 0.4) is 0 Å². The van der Waals surface area contributed by atoms with Gasteiger partial charge in [0, 0.05) is 37.5 Å². The number of nitrogens with zero attached hydrogens (tertiary/aromatic N) is 4. The summed E-state index contributed by atoms with van der Waals surface area (Å²) in [4.78, 5) is 2.00. The zero-order valence-corrected chi connectivity index (χ0v) is 12.5. The van der Waals surface area contributed by atoms with Gasteiger partial charge in [-0.05, 0) is 6.07 Å². The lowest BCUT2D eigenvalue weighted by Gasteiger charge is -2.34. The van der Waals surface area contributed by atoms with E-state index in [2.05, 4.69) is 10.3 Å². The third-order valence-electron chi connectivity index (χ3n) is 3.84. The fourth-order valence-electron chi connectivity index (χ4n) is 2.71. The monoisotopic (exact) mass is 324 g/mol. The highest BCUT2D eigenvalue weighted by molar-refractivity contribution is 5.21. The lowest BCUT2D eigenvalue weighted by molar-refractivity contribution is -0.0490. The van der Waals surface area contributed by atoms with Crippen LogP contribution in [-0.2, 0) is 11.3 Å². The molecule has 1 saturated heterocycles. The predicted molar refractivity (Wildman–Crippen MR) is 77.5 cm³/mol. The van der Waals surface area contributed by atoms with E-state index in [0.29, 0.717) is 26.2 Å². The van der Waals surface area contributed by atoms with E-state index >= 15 is 0 Å². The van der Waals surface area contributed by atoms with Gasteiger partial charge in [-0.25, -0.2) is 13.5 Å². The van der Waals surface area contributed by atoms with Crippen LogP contribution in [0.25, 0.3) is 0 Å². The van der Waals surface area contributed by atoms with Crippen molar-refractivity contribution < 1.29 is 18.6 Å². The maximum Gasteiger partial charge on any atom is 0.131 e. The van der Waals surface area contributed by atoms with E-state index in [1.807, 2.05) is 4.90 Å². The number of aliphatic hydroxyl groups excluding tert-OH is 1. The molecule has 0 spiro atoms.